The van der Waals surface area contributed by atoms with Crippen LogP contribution in [-0.4, -0.2) is 32.0 Å². The van der Waals surface area contributed by atoms with Crippen LogP contribution in [0, 0.1) is 11.8 Å². The summed E-state index contributed by atoms with van der Waals surface area (Å²) in [6, 6.07) is 0. The van der Waals surface area contributed by atoms with Gasteiger partial charge >= 0.3 is 0 Å². The first-order valence-electron chi connectivity index (χ1n) is 7.08. The zero-order valence-corrected chi connectivity index (χ0v) is 11.7. The molecule has 1 saturated carbocycles. The van der Waals surface area contributed by atoms with Crippen LogP contribution in [0.15, 0.2) is 0 Å². The van der Waals surface area contributed by atoms with Gasteiger partial charge in [-0.3, -0.25) is 0 Å². The van der Waals surface area contributed by atoms with Crippen LogP contribution in [0.4, 0.5) is 0 Å². The molecule has 1 rings (SSSR count). The van der Waals surface area contributed by atoms with Crippen LogP contribution in [0.25, 0.3) is 0 Å². The number of hydrogen-bond donors (Lipinski definition) is 1. The second-order valence-electron chi connectivity index (χ2n) is 5.51. The molecule has 17 heavy (non-hydrogen) atoms. The first-order valence-corrected chi connectivity index (χ1v) is 7.08. The van der Waals surface area contributed by atoms with Gasteiger partial charge in [-0.1, -0.05) is 13.8 Å². The molecule has 1 aliphatic rings. The first kappa shape index (κ1) is 14.9. The molecule has 3 atom stereocenters. The Labute approximate surface area is 106 Å². The molecule has 3 heteroatoms. The van der Waals surface area contributed by atoms with Crippen LogP contribution in [0.1, 0.15) is 46.5 Å². The summed E-state index contributed by atoms with van der Waals surface area (Å²) in [5.74, 6) is 1.61. The maximum absolute atomic E-state index is 5.97. The number of rotatable bonds is 7. The molecule has 3 nitrogen and oxygen atoms in total. The lowest BCUT2D eigenvalue weighted by atomic mass is 9.82. The van der Waals surface area contributed by atoms with Gasteiger partial charge in [0.1, 0.15) is 0 Å². The fraction of sp³-hybridized carbons (Fsp3) is 1.00. The van der Waals surface area contributed by atoms with Gasteiger partial charge in [0, 0.05) is 19.8 Å². The van der Waals surface area contributed by atoms with E-state index in [4.69, 9.17) is 15.2 Å². The lowest BCUT2D eigenvalue weighted by Crippen LogP contribution is -2.29. The van der Waals surface area contributed by atoms with E-state index in [1.165, 1.54) is 19.3 Å². The van der Waals surface area contributed by atoms with E-state index in [0.717, 1.165) is 31.5 Å². The Morgan fingerprint density at radius 3 is 2.35 bits per heavy atom. The number of ether oxygens (including phenoxy) is 2. The smallest absolute Gasteiger partial charge is 0.0719 e. The Hall–Kier alpha value is -0.120. The zero-order valence-electron chi connectivity index (χ0n) is 11.7. The quantitative estimate of drug-likeness (QED) is 0.747. The average molecular weight is 243 g/mol. The Morgan fingerprint density at radius 1 is 1.18 bits per heavy atom. The summed E-state index contributed by atoms with van der Waals surface area (Å²) >= 11 is 0. The highest BCUT2D eigenvalue weighted by molar-refractivity contribution is 4.75. The lowest BCUT2D eigenvalue weighted by molar-refractivity contribution is -0.0229. The third kappa shape index (κ3) is 5.84. The fourth-order valence-corrected chi connectivity index (χ4v) is 2.88. The Morgan fingerprint density at radius 2 is 1.82 bits per heavy atom. The van der Waals surface area contributed by atoms with Gasteiger partial charge in [-0.2, -0.15) is 0 Å². The number of nitrogens with two attached hydrogens (primary N) is 1. The standard InChI is InChI=1S/C14H29NO2/c1-4-16-13(10-15)5-6-17-14-8-11(2)7-12(3)9-14/h11-14H,4-10,15H2,1-3H3. The molecular formula is C14H29NO2. The monoisotopic (exact) mass is 243 g/mol. The third-order valence-corrected chi connectivity index (χ3v) is 3.59. The summed E-state index contributed by atoms with van der Waals surface area (Å²) in [4.78, 5) is 0. The molecule has 0 aromatic carbocycles. The van der Waals surface area contributed by atoms with Crippen molar-refractivity contribution < 1.29 is 9.47 Å². The minimum absolute atomic E-state index is 0.165. The predicted octanol–water partition coefficient (Wildman–Crippen LogP) is 2.58. The molecule has 1 aliphatic carbocycles. The lowest BCUT2D eigenvalue weighted by Gasteiger charge is -2.31. The first-order chi connectivity index (χ1) is 8.15. The van der Waals surface area contributed by atoms with E-state index in [2.05, 4.69) is 13.8 Å². The molecule has 0 amide bonds. The SMILES string of the molecule is CCOC(CN)CCOC1CC(C)CC(C)C1. The minimum atomic E-state index is 0.165. The molecule has 0 radical (unpaired) electrons. The molecule has 0 saturated heterocycles. The van der Waals surface area contributed by atoms with Crippen LogP contribution in [0.5, 0.6) is 0 Å². The van der Waals surface area contributed by atoms with Gasteiger partial charge in [-0.15, -0.1) is 0 Å². The molecule has 0 aromatic heterocycles. The Balaban J connectivity index is 2.16. The van der Waals surface area contributed by atoms with E-state index in [-0.39, 0.29) is 6.10 Å². The second kappa shape index (κ2) is 8.06. The van der Waals surface area contributed by atoms with Crippen molar-refractivity contribution in [3.05, 3.63) is 0 Å². The molecule has 0 aliphatic heterocycles. The molecule has 3 unspecified atom stereocenters. The Kier molecular flexibility index (Phi) is 7.09. The van der Waals surface area contributed by atoms with Crippen LogP contribution >= 0.6 is 0 Å². The van der Waals surface area contributed by atoms with Crippen LogP contribution in [0.3, 0.4) is 0 Å². The van der Waals surface area contributed by atoms with E-state index in [1.807, 2.05) is 6.92 Å². The van der Waals surface area contributed by atoms with E-state index in [0.29, 0.717) is 12.6 Å². The molecule has 0 spiro atoms. The van der Waals surface area contributed by atoms with Crippen molar-refractivity contribution in [1.29, 1.82) is 0 Å². The van der Waals surface area contributed by atoms with Crippen molar-refractivity contribution in [2.75, 3.05) is 19.8 Å². The van der Waals surface area contributed by atoms with Gasteiger partial charge in [0.2, 0.25) is 0 Å². The van der Waals surface area contributed by atoms with E-state index in [9.17, 15) is 0 Å². The highest BCUT2D eigenvalue weighted by Gasteiger charge is 2.24. The maximum atomic E-state index is 5.97. The highest BCUT2D eigenvalue weighted by Crippen LogP contribution is 2.30. The molecule has 0 heterocycles. The van der Waals surface area contributed by atoms with Gasteiger partial charge in [0.05, 0.1) is 12.2 Å². The molecule has 1 fully saturated rings. The largest absolute Gasteiger partial charge is 0.378 e. The van der Waals surface area contributed by atoms with Crippen LogP contribution in [-0.2, 0) is 9.47 Å². The summed E-state index contributed by atoms with van der Waals surface area (Å²) in [6.45, 7) is 8.78. The summed E-state index contributed by atoms with van der Waals surface area (Å²) in [6.07, 6.45) is 5.32. The second-order valence-corrected chi connectivity index (χ2v) is 5.51. The van der Waals surface area contributed by atoms with Gasteiger partial charge in [0.15, 0.2) is 0 Å². The predicted molar refractivity (Wildman–Crippen MR) is 71.0 cm³/mol. The third-order valence-electron chi connectivity index (χ3n) is 3.59. The number of hydrogen-bond acceptors (Lipinski definition) is 3. The molecule has 0 bridgehead atoms. The van der Waals surface area contributed by atoms with Gasteiger partial charge in [-0.05, 0) is 44.4 Å². The van der Waals surface area contributed by atoms with Crippen molar-refractivity contribution >= 4 is 0 Å². The van der Waals surface area contributed by atoms with Crippen LogP contribution in [0.2, 0.25) is 0 Å². The summed E-state index contributed by atoms with van der Waals surface area (Å²) in [5, 5.41) is 0. The van der Waals surface area contributed by atoms with E-state index >= 15 is 0 Å². The van der Waals surface area contributed by atoms with Crippen molar-refractivity contribution in [1.82, 2.24) is 0 Å². The topological polar surface area (TPSA) is 44.5 Å². The van der Waals surface area contributed by atoms with Crippen molar-refractivity contribution in [2.24, 2.45) is 17.6 Å². The molecule has 2 N–H and O–H groups in total. The molecule has 0 aromatic rings. The van der Waals surface area contributed by atoms with Crippen molar-refractivity contribution in [3.8, 4) is 0 Å². The zero-order chi connectivity index (χ0) is 12.7. The fourth-order valence-electron chi connectivity index (χ4n) is 2.88. The van der Waals surface area contributed by atoms with E-state index < -0.39 is 0 Å². The maximum Gasteiger partial charge on any atom is 0.0719 e. The summed E-state index contributed by atoms with van der Waals surface area (Å²) < 4.78 is 11.5. The van der Waals surface area contributed by atoms with Gasteiger partial charge < -0.3 is 15.2 Å². The van der Waals surface area contributed by atoms with Gasteiger partial charge in [-0.25, -0.2) is 0 Å². The van der Waals surface area contributed by atoms with E-state index in [1.54, 1.807) is 0 Å². The molecule has 102 valence electrons. The molecular weight excluding hydrogens is 214 g/mol. The minimum Gasteiger partial charge on any atom is -0.378 e. The Bertz CT molecular complexity index is 189. The highest BCUT2D eigenvalue weighted by atomic mass is 16.5. The summed E-state index contributed by atoms with van der Waals surface area (Å²) in [5.41, 5.74) is 5.64. The van der Waals surface area contributed by atoms with Crippen molar-refractivity contribution in [3.63, 3.8) is 0 Å². The van der Waals surface area contributed by atoms with Gasteiger partial charge in [0.25, 0.3) is 0 Å². The normalized spacial score (nSPS) is 31.4. The average Bonchev–Trinajstić information content (AvgIpc) is 2.26. The van der Waals surface area contributed by atoms with Crippen LogP contribution < -0.4 is 5.73 Å². The van der Waals surface area contributed by atoms with Crippen molar-refractivity contribution in [2.45, 2.75) is 58.7 Å². The summed E-state index contributed by atoms with van der Waals surface area (Å²) in [7, 11) is 0.